The van der Waals surface area contributed by atoms with Crippen molar-refractivity contribution in [2.24, 2.45) is 0 Å². The van der Waals surface area contributed by atoms with Crippen molar-refractivity contribution in [3.05, 3.63) is 18.2 Å². The van der Waals surface area contributed by atoms with E-state index in [4.69, 9.17) is 9.47 Å². The number of aromatic nitrogens is 2. The van der Waals surface area contributed by atoms with E-state index in [9.17, 15) is 4.79 Å². The minimum absolute atomic E-state index is 0.0735. The lowest BCUT2D eigenvalue weighted by atomic mass is 10.2. The van der Waals surface area contributed by atoms with Gasteiger partial charge in [-0.3, -0.25) is 4.57 Å². The van der Waals surface area contributed by atoms with Crippen LogP contribution >= 0.6 is 0 Å². The number of esters is 1. The Hall–Kier alpha value is -1.36. The van der Waals surface area contributed by atoms with E-state index in [1.54, 1.807) is 23.9 Å². The van der Waals surface area contributed by atoms with E-state index in [1.165, 1.54) is 0 Å². The Morgan fingerprint density at radius 3 is 3.25 bits per heavy atom. The molecule has 1 saturated heterocycles. The Balaban J connectivity index is 2.14. The number of hydrogen-bond acceptors (Lipinski definition) is 4. The summed E-state index contributed by atoms with van der Waals surface area (Å²) in [5.74, 6) is -0.0598. The Bertz CT molecular complexity index is 356. The first-order valence-electron chi connectivity index (χ1n) is 5.64. The number of nitrogens with zero attached hydrogens (tertiary/aromatic N) is 2. The molecule has 1 aliphatic rings. The van der Waals surface area contributed by atoms with E-state index in [0.717, 1.165) is 25.9 Å². The SMILES string of the molecule is CCOC(=O)c1nccn1C1CCCCO1. The molecule has 0 aromatic carbocycles. The Morgan fingerprint density at radius 2 is 2.56 bits per heavy atom. The third kappa shape index (κ3) is 2.24. The van der Waals surface area contributed by atoms with E-state index in [2.05, 4.69) is 4.98 Å². The quantitative estimate of drug-likeness (QED) is 0.734. The molecule has 2 rings (SSSR count). The first-order chi connectivity index (χ1) is 7.83. The number of carbonyl (C=O) groups excluding carboxylic acids is 1. The van der Waals surface area contributed by atoms with E-state index in [-0.39, 0.29) is 12.2 Å². The molecule has 1 aliphatic heterocycles. The van der Waals surface area contributed by atoms with E-state index in [1.807, 2.05) is 0 Å². The molecule has 0 spiro atoms. The van der Waals surface area contributed by atoms with Crippen molar-refractivity contribution in [1.82, 2.24) is 9.55 Å². The third-order valence-corrected chi connectivity index (χ3v) is 2.59. The van der Waals surface area contributed by atoms with Crippen LogP contribution in [0.3, 0.4) is 0 Å². The number of ether oxygens (including phenoxy) is 2. The lowest BCUT2D eigenvalue weighted by Gasteiger charge is -2.24. The monoisotopic (exact) mass is 224 g/mol. The highest BCUT2D eigenvalue weighted by Crippen LogP contribution is 2.23. The molecule has 2 heterocycles. The molecular weight excluding hydrogens is 208 g/mol. The van der Waals surface area contributed by atoms with Gasteiger partial charge in [-0.05, 0) is 26.2 Å². The molecule has 0 N–H and O–H groups in total. The van der Waals surface area contributed by atoms with Crippen LogP contribution in [0.4, 0.5) is 0 Å². The number of hydrogen-bond donors (Lipinski definition) is 0. The second-order valence-electron chi connectivity index (χ2n) is 3.70. The van der Waals surface area contributed by atoms with Crippen LogP contribution in [0, 0.1) is 0 Å². The van der Waals surface area contributed by atoms with Crippen molar-refractivity contribution in [3.63, 3.8) is 0 Å². The van der Waals surface area contributed by atoms with Gasteiger partial charge >= 0.3 is 5.97 Å². The van der Waals surface area contributed by atoms with Crippen LogP contribution in [-0.4, -0.2) is 28.7 Å². The molecule has 16 heavy (non-hydrogen) atoms. The summed E-state index contributed by atoms with van der Waals surface area (Å²) in [5.41, 5.74) is 0. The molecule has 5 heteroatoms. The summed E-state index contributed by atoms with van der Waals surface area (Å²) < 4.78 is 12.3. The lowest BCUT2D eigenvalue weighted by Crippen LogP contribution is -2.22. The standard InChI is InChI=1S/C11H16N2O3/c1-2-15-11(14)10-12-6-7-13(10)9-5-3-4-8-16-9/h6-7,9H,2-5,8H2,1H3. The van der Waals surface area contributed by atoms with Crippen molar-refractivity contribution in [2.45, 2.75) is 32.4 Å². The zero-order chi connectivity index (χ0) is 11.4. The number of carbonyl (C=O) groups is 1. The number of imidazole rings is 1. The van der Waals surface area contributed by atoms with E-state index >= 15 is 0 Å². The van der Waals surface area contributed by atoms with E-state index in [0.29, 0.717) is 12.4 Å². The molecule has 0 aliphatic carbocycles. The van der Waals surface area contributed by atoms with Gasteiger partial charge in [-0.15, -0.1) is 0 Å². The fourth-order valence-electron chi connectivity index (χ4n) is 1.84. The molecule has 0 radical (unpaired) electrons. The Kier molecular flexibility index (Phi) is 3.56. The molecule has 1 aromatic rings. The average molecular weight is 224 g/mol. The fraction of sp³-hybridized carbons (Fsp3) is 0.636. The minimum atomic E-state index is -0.387. The molecule has 0 amide bonds. The third-order valence-electron chi connectivity index (χ3n) is 2.59. The molecule has 88 valence electrons. The summed E-state index contributed by atoms with van der Waals surface area (Å²) in [6.45, 7) is 2.88. The van der Waals surface area contributed by atoms with Crippen molar-refractivity contribution in [2.75, 3.05) is 13.2 Å². The lowest BCUT2D eigenvalue weighted by molar-refractivity contribution is -0.0343. The van der Waals surface area contributed by atoms with Crippen LogP contribution in [0.2, 0.25) is 0 Å². The van der Waals surface area contributed by atoms with Crippen molar-refractivity contribution < 1.29 is 14.3 Å². The molecular formula is C11H16N2O3. The molecule has 1 unspecified atom stereocenters. The summed E-state index contributed by atoms with van der Waals surface area (Å²) in [7, 11) is 0. The van der Waals surface area contributed by atoms with Crippen LogP contribution in [0.1, 0.15) is 43.0 Å². The highest BCUT2D eigenvalue weighted by atomic mass is 16.5. The predicted molar refractivity (Wildman–Crippen MR) is 57.0 cm³/mol. The highest BCUT2D eigenvalue weighted by Gasteiger charge is 2.22. The Labute approximate surface area is 94.4 Å². The van der Waals surface area contributed by atoms with Crippen LogP contribution in [-0.2, 0) is 9.47 Å². The predicted octanol–water partition coefficient (Wildman–Crippen LogP) is 1.76. The maximum Gasteiger partial charge on any atom is 0.374 e. The summed E-state index contributed by atoms with van der Waals surface area (Å²) in [6.07, 6.45) is 6.41. The van der Waals surface area contributed by atoms with Crippen LogP contribution in [0.5, 0.6) is 0 Å². The van der Waals surface area contributed by atoms with Gasteiger partial charge in [0.1, 0.15) is 6.23 Å². The Morgan fingerprint density at radius 1 is 1.69 bits per heavy atom. The zero-order valence-corrected chi connectivity index (χ0v) is 9.39. The molecule has 0 saturated carbocycles. The molecule has 0 bridgehead atoms. The number of rotatable bonds is 3. The van der Waals surface area contributed by atoms with E-state index < -0.39 is 0 Å². The second-order valence-corrected chi connectivity index (χ2v) is 3.70. The molecule has 1 atom stereocenters. The van der Waals surface area contributed by atoms with Crippen molar-refractivity contribution in [1.29, 1.82) is 0 Å². The van der Waals surface area contributed by atoms with Gasteiger partial charge in [0.05, 0.1) is 6.61 Å². The summed E-state index contributed by atoms with van der Waals surface area (Å²) >= 11 is 0. The first kappa shape index (κ1) is 11.1. The van der Waals surface area contributed by atoms with Gasteiger partial charge in [-0.2, -0.15) is 0 Å². The smallest absolute Gasteiger partial charge is 0.374 e. The molecule has 5 nitrogen and oxygen atoms in total. The summed E-state index contributed by atoms with van der Waals surface area (Å²) in [6, 6.07) is 0. The fourth-order valence-corrected chi connectivity index (χ4v) is 1.84. The molecule has 1 fully saturated rings. The second kappa shape index (κ2) is 5.12. The van der Waals surface area contributed by atoms with Gasteiger partial charge in [0, 0.05) is 19.0 Å². The summed E-state index contributed by atoms with van der Waals surface area (Å²) in [5, 5.41) is 0. The van der Waals surface area contributed by atoms with Gasteiger partial charge in [0.25, 0.3) is 0 Å². The van der Waals surface area contributed by atoms with Crippen molar-refractivity contribution in [3.8, 4) is 0 Å². The van der Waals surface area contributed by atoms with Crippen LogP contribution in [0.15, 0.2) is 12.4 Å². The maximum absolute atomic E-state index is 11.6. The van der Waals surface area contributed by atoms with Crippen LogP contribution in [0.25, 0.3) is 0 Å². The highest BCUT2D eigenvalue weighted by molar-refractivity contribution is 5.85. The summed E-state index contributed by atoms with van der Waals surface area (Å²) in [4.78, 5) is 15.6. The molecule has 1 aromatic heterocycles. The average Bonchev–Trinajstić information content (AvgIpc) is 2.79. The topological polar surface area (TPSA) is 53.3 Å². The van der Waals surface area contributed by atoms with Crippen molar-refractivity contribution >= 4 is 5.97 Å². The minimum Gasteiger partial charge on any atom is -0.460 e. The largest absolute Gasteiger partial charge is 0.460 e. The van der Waals surface area contributed by atoms with Gasteiger partial charge in [0.2, 0.25) is 5.82 Å². The van der Waals surface area contributed by atoms with Gasteiger partial charge in [-0.1, -0.05) is 0 Å². The maximum atomic E-state index is 11.6. The van der Waals surface area contributed by atoms with Crippen LogP contribution < -0.4 is 0 Å². The normalized spacial score (nSPS) is 20.7. The van der Waals surface area contributed by atoms with Gasteiger partial charge in [0.15, 0.2) is 0 Å². The van der Waals surface area contributed by atoms with Gasteiger partial charge in [-0.25, -0.2) is 9.78 Å². The zero-order valence-electron chi connectivity index (χ0n) is 9.39. The first-order valence-corrected chi connectivity index (χ1v) is 5.64. The van der Waals surface area contributed by atoms with Gasteiger partial charge < -0.3 is 9.47 Å².